The zero-order chi connectivity index (χ0) is 25.3. The summed E-state index contributed by atoms with van der Waals surface area (Å²) >= 11 is 1.45. The molecule has 1 aliphatic rings. The smallest absolute Gasteiger partial charge is 0.300 e. The van der Waals surface area contributed by atoms with Gasteiger partial charge in [0.2, 0.25) is 0 Å². The molecule has 5 nitrogen and oxygen atoms in total. The lowest BCUT2D eigenvalue weighted by Gasteiger charge is -2.24. The summed E-state index contributed by atoms with van der Waals surface area (Å²) in [5.41, 5.74) is 3.30. The zero-order valence-electron chi connectivity index (χ0n) is 20.7. The fourth-order valence-electron chi connectivity index (χ4n) is 4.42. The van der Waals surface area contributed by atoms with Gasteiger partial charge in [-0.1, -0.05) is 45.9 Å². The van der Waals surface area contributed by atoms with E-state index in [0.717, 1.165) is 21.8 Å². The Labute approximate surface area is 210 Å². The molecule has 0 saturated carbocycles. The van der Waals surface area contributed by atoms with E-state index >= 15 is 0 Å². The van der Waals surface area contributed by atoms with Gasteiger partial charge in [-0.05, 0) is 71.7 Å². The number of ether oxygens (including phenoxy) is 1. The molecular weight excluding hydrogens is 458 g/mol. The highest BCUT2D eigenvalue weighted by Crippen LogP contribution is 2.44. The molecule has 1 unspecified atom stereocenters. The van der Waals surface area contributed by atoms with E-state index < -0.39 is 17.7 Å². The number of nitrogens with zero attached hydrogens (tertiary/aromatic N) is 1. The van der Waals surface area contributed by atoms with E-state index in [0.29, 0.717) is 23.8 Å². The van der Waals surface area contributed by atoms with Gasteiger partial charge in [0.05, 0.1) is 12.2 Å². The van der Waals surface area contributed by atoms with E-state index in [-0.39, 0.29) is 17.3 Å². The van der Waals surface area contributed by atoms with E-state index in [1.54, 1.807) is 6.07 Å². The first-order valence-corrected chi connectivity index (χ1v) is 12.8. The zero-order valence-corrected chi connectivity index (χ0v) is 21.6. The fraction of sp³-hybridized carbons (Fsp3) is 0.310. The molecule has 1 aliphatic heterocycles. The first-order valence-electron chi connectivity index (χ1n) is 12.0. The summed E-state index contributed by atoms with van der Waals surface area (Å²) in [7, 11) is 0. The Balaban J connectivity index is 1.87. The van der Waals surface area contributed by atoms with Gasteiger partial charge in [-0.3, -0.25) is 14.5 Å². The Bertz CT molecular complexity index is 1260. The first kappa shape index (κ1) is 24.7. The van der Waals surface area contributed by atoms with Gasteiger partial charge in [-0.25, -0.2) is 0 Å². The van der Waals surface area contributed by atoms with Crippen LogP contribution in [0.1, 0.15) is 74.1 Å². The van der Waals surface area contributed by atoms with Crippen molar-refractivity contribution in [2.24, 2.45) is 0 Å². The molecule has 1 aromatic heterocycles. The van der Waals surface area contributed by atoms with Gasteiger partial charge < -0.3 is 9.84 Å². The maximum atomic E-state index is 13.3. The molecule has 1 N–H and O–H groups in total. The van der Waals surface area contributed by atoms with Gasteiger partial charge in [0.1, 0.15) is 17.6 Å². The van der Waals surface area contributed by atoms with Gasteiger partial charge in [0.15, 0.2) is 0 Å². The van der Waals surface area contributed by atoms with Crippen molar-refractivity contribution in [1.82, 2.24) is 0 Å². The van der Waals surface area contributed by atoms with Crippen molar-refractivity contribution in [3.8, 4) is 5.75 Å². The van der Waals surface area contributed by atoms with Crippen LogP contribution in [0.25, 0.3) is 5.76 Å². The van der Waals surface area contributed by atoms with Crippen LogP contribution in [0.4, 0.5) is 5.69 Å². The van der Waals surface area contributed by atoms with Crippen molar-refractivity contribution >= 4 is 34.5 Å². The third-order valence-electron chi connectivity index (χ3n) is 6.30. The second-order valence-corrected chi connectivity index (χ2v) is 10.3. The Morgan fingerprint density at radius 2 is 1.74 bits per heavy atom. The number of rotatable bonds is 7. The second-order valence-electron chi connectivity index (χ2n) is 9.27. The molecule has 1 amide bonds. The standard InChI is InChI=1S/C29H31NO4S/c1-6-34-23-14-11-20(16-22(23)18(4)5)27(31)25-26(24-8-7-15-35-24)30(29(33)28(25)32)21-12-9-19(10-13-21)17(2)3/h7-18,26,31H,6H2,1-5H3/b27-25-. The summed E-state index contributed by atoms with van der Waals surface area (Å²) < 4.78 is 5.75. The van der Waals surface area contributed by atoms with Crippen molar-refractivity contribution in [3.63, 3.8) is 0 Å². The third-order valence-corrected chi connectivity index (χ3v) is 7.22. The topological polar surface area (TPSA) is 66.8 Å². The summed E-state index contributed by atoms with van der Waals surface area (Å²) in [6.07, 6.45) is 0. The molecule has 0 bridgehead atoms. The average molecular weight is 490 g/mol. The number of aliphatic hydroxyl groups excluding tert-OH is 1. The highest BCUT2D eigenvalue weighted by molar-refractivity contribution is 7.10. The van der Waals surface area contributed by atoms with Crippen LogP contribution >= 0.6 is 11.3 Å². The second kappa shape index (κ2) is 10.1. The van der Waals surface area contributed by atoms with Gasteiger partial charge >= 0.3 is 0 Å². The molecule has 1 saturated heterocycles. The summed E-state index contributed by atoms with van der Waals surface area (Å²) in [5.74, 6) is -0.250. The van der Waals surface area contributed by atoms with Gasteiger partial charge in [-0.2, -0.15) is 0 Å². The van der Waals surface area contributed by atoms with Gasteiger partial charge in [0.25, 0.3) is 11.7 Å². The molecule has 3 aromatic rings. The number of carbonyl (C=O) groups is 2. The lowest BCUT2D eigenvalue weighted by atomic mass is 9.95. The number of hydrogen-bond donors (Lipinski definition) is 1. The number of benzene rings is 2. The molecular formula is C29H31NO4S. The molecule has 182 valence electrons. The Morgan fingerprint density at radius 3 is 2.31 bits per heavy atom. The number of amides is 1. The minimum absolute atomic E-state index is 0.101. The summed E-state index contributed by atoms with van der Waals surface area (Å²) in [5, 5.41) is 13.3. The number of carbonyl (C=O) groups excluding carboxylic acids is 2. The minimum atomic E-state index is -0.700. The highest BCUT2D eigenvalue weighted by atomic mass is 32.1. The lowest BCUT2D eigenvalue weighted by Crippen LogP contribution is -2.29. The van der Waals surface area contributed by atoms with E-state index in [1.165, 1.54) is 16.2 Å². The normalized spacial score (nSPS) is 17.6. The molecule has 4 rings (SSSR count). The van der Waals surface area contributed by atoms with Crippen molar-refractivity contribution in [3.05, 3.63) is 87.1 Å². The van der Waals surface area contributed by atoms with E-state index in [4.69, 9.17) is 4.74 Å². The number of thiophene rings is 1. The number of Topliss-reactive ketones (excluding diaryl/α,β-unsaturated/α-hetero) is 1. The van der Waals surface area contributed by atoms with Crippen molar-refractivity contribution in [1.29, 1.82) is 0 Å². The van der Waals surface area contributed by atoms with Crippen LogP contribution < -0.4 is 9.64 Å². The van der Waals surface area contributed by atoms with E-state index in [1.807, 2.05) is 74.7 Å². The van der Waals surface area contributed by atoms with Crippen LogP contribution in [-0.2, 0) is 9.59 Å². The summed E-state index contributed by atoms with van der Waals surface area (Å²) in [4.78, 5) is 29.0. The SMILES string of the molecule is CCOc1ccc(/C(O)=C2/C(=O)C(=O)N(c3ccc(C(C)C)cc3)C2c2cccs2)cc1C(C)C. The van der Waals surface area contributed by atoms with Crippen LogP contribution in [0.2, 0.25) is 0 Å². The minimum Gasteiger partial charge on any atom is -0.507 e. The van der Waals surface area contributed by atoms with Gasteiger partial charge in [-0.15, -0.1) is 11.3 Å². The summed E-state index contributed by atoms with van der Waals surface area (Å²) in [6.45, 7) is 10.8. The maximum absolute atomic E-state index is 13.3. The van der Waals surface area contributed by atoms with E-state index in [2.05, 4.69) is 13.8 Å². The molecule has 2 aromatic carbocycles. The van der Waals surface area contributed by atoms with Crippen molar-refractivity contribution in [2.45, 2.75) is 52.5 Å². The van der Waals surface area contributed by atoms with Crippen molar-refractivity contribution in [2.75, 3.05) is 11.5 Å². The van der Waals surface area contributed by atoms with Crippen LogP contribution in [0.5, 0.6) is 5.75 Å². The van der Waals surface area contributed by atoms with E-state index in [9.17, 15) is 14.7 Å². The number of anilines is 1. The molecule has 6 heteroatoms. The number of hydrogen-bond acceptors (Lipinski definition) is 5. The quantitative estimate of drug-likeness (QED) is 0.220. The number of ketones is 1. The molecule has 0 radical (unpaired) electrons. The summed E-state index contributed by atoms with van der Waals surface area (Å²) in [6, 6.07) is 16.2. The third kappa shape index (κ3) is 4.63. The van der Waals surface area contributed by atoms with Crippen molar-refractivity contribution < 1.29 is 19.4 Å². The maximum Gasteiger partial charge on any atom is 0.300 e. The molecule has 0 spiro atoms. The van der Waals surface area contributed by atoms with Crippen LogP contribution in [-0.4, -0.2) is 23.4 Å². The molecule has 35 heavy (non-hydrogen) atoms. The highest BCUT2D eigenvalue weighted by Gasteiger charge is 2.47. The predicted octanol–water partition coefficient (Wildman–Crippen LogP) is 7.02. The molecule has 0 aliphatic carbocycles. The van der Waals surface area contributed by atoms with Crippen LogP contribution in [0, 0.1) is 0 Å². The Morgan fingerprint density at radius 1 is 1.03 bits per heavy atom. The average Bonchev–Trinajstić information content (AvgIpc) is 3.46. The first-order chi connectivity index (χ1) is 16.7. The largest absolute Gasteiger partial charge is 0.507 e. The van der Waals surface area contributed by atoms with Crippen LogP contribution in [0.15, 0.2) is 65.6 Å². The monoisotopic (exact) mass is 489 g/mol. The lowest BCUT2D eigenvalue weighted by molar-refractivity contribution is -0.132. The fourth-order valence-corrected chi connectivity index (χ4v) is 5.25. The van der Waals surface area contributed by atoms with Gasteiger partial charge in [0, 0.05) is 16.1 Å². The molecule has 2 heterocycles. The Kier molecular flexibility index (Phi) is 7.13. The van der Waals surface area contributed by atoms with Crippen LogP contribution in [0.3, 0.4) is 0 Å². The number of aliphatic hydroxyl groups is 1. The predicted molar refractivity (Wildman–Crippen MR) is 141 cm³/mol. The Hall–Kier alpha value is -3.38. The molecule has 1 atom stereocenters. The molecule has 1 fully saturated rings.